The number of rotatable bonds is 11. The van der Waals surface area contributed by atoms with E-state index in [1.165, 1.54) is 78.3 Å². The summed E-state index contributed by atoms with van der Waals surface area (Å²) in [6.45, 7) is 18.4. The average Bonchev–Trinajstić information content (AvgIpc) is 3.39. The van der Waals surface area contributed by atoms with E-state index in [1.54, 1.807) is 14.2 Å². The van der Waals surface area contributed by atoms with Gasteiger partial charge in [0.25, 0.3) is 0 Å². The zero-order valence-electron chi connectivity index (χ0n) is 26.4. The maximum atomic E-state index is 5.95. The van der Waals surface area contributed by atoms with Crippen molar-refractivity contribution in [2.75, 3.05) is 14.2 Å². The molecule has 214 valence electrons. The lowest BCUT2D eigenvalue weighted by molar-refractivity contribution is 0.412. The first-order chi connectivity index (χ1) is 19.1. The van der Waals surface area contributed by atoms with Gasteiger partial charge in [0.15, 0.2) is 0 Å². The molecular weight excluding hydrogens is 508 g/mol. The minimum atomic E-state index is 0.667. The van der Waals surface area contributed by atoms with Crippen molar-refractivity contribution in [1.29, 1.82) is 0 Å². The predicted molar refractivity (Wildman–Crippen MR) is 175 cm³/mol. The second-order valence-corrected chi connectivity index (χ2v) is 13.3. The standard InChI is InChI=1S/C37H48O2S/c1-22(2)17-19-28-13-11-15-32(38-9)34(28)30-21-31(25(6)24(30)5)36-26(7)27(8)37(40-36)35-29(20-18-23(3)4)14-12-16-33(35)39-10/h11-16,22-23H,17-21H2,1-10H3. The Morgan fingerprint density at radius 3 is 1.65 bits per heavy atom. The fourth-order valence-electron chi connectivity index (χ4n) is 5.94. The van der Waals surface area contributed by atoms with Crippen LogP contribution in [0.4, 0.5) is 0 Å². The highest BCUT2D eigenvalue weighted by atomic mass is 32.1. The van der Waals surface area contributed by atoms with Crippen LogP contribution < -0.4 is 9.47 Å². The number of methoxy groups -OCH3 is 2. The van der Waals surface area contributed by atoms with E-state index >= 15 is 0 Å². The summed E-state index contributed by atoms with van der Waals surface area (Å²) in [4.78, 5) is 2.77. The monoisotopic (exact) mass is 556 g/mol. The van der Waals surface area contributed by atoms with E-state index in [0.29, 0.717) is 11.8 Å². The molecule has 1 heterocycles. The van der Waals surface area contributed by atoms with Gasteiger partial charge in [-0.15, -0.1) is 11.3 Å². The van der Waals surface area contributed by atoms with E-state index < -0.39 is 0 Å². The Kier molecular flexibility index (Phi) is 9.67. The second-order valence-electron chi connectivity index (χ2n) is 12.2. The molecule has 0 N–H and O–H groups in total. The molecule has 1 aromatic heterocycles. The Labute approximate surface area is 247 Å². The number of hydrogen-bond donors (Lipinski definition) is 0. The highest BCUT2D eigenvalue weighted by molar-refractivity contribution is 7.17. The van der Waals surface area contributed by atoms with Crippen LogP contribution in [-0.4, -0.2) is 14.2 Å². The van der Waals surface area contributed by atoms with Crippen LogP contribution in [-0.2, 0) is 12.8 Å². The van der Waals surface area contributed by atoms with Crippen LogP contribution in [0.2, 0.25) is 0 Å². The van der Waals surface area contributed by atoms with Gasteiger partial charge in [0.05, 0.1) is 14.2 Å². The Balaban J connectivity index is 1.78. The first-order valence-electron chi connectivity index (χ1n) is 14.9. The molecule has 0 saturated heterocycles. The number of thiophene rings is 1. The highest BCUT2D eigenvalue weighted by Gasteiger charge is 2.29. The van der Waals surface area contributed by atoms with Crippen LogP contribution >= 0.6 is 11.3 Å². The summed E-state index contributed by atoms with van der Waals surface area (Å²) in [6.07, 6.45) is 5.43. The van der Waals surface area contributed by atoms with Crippen LogP contribution in [0.25, 0.3) is 21.6 Å². The van der Waals surface area contributed by atoms with E-state index in [-0.39, 0.29) is 0 Å². The third-order valence-electron chi connectivity index (χ3n) is 8.72. The molecule has 1 aliphatic carbocycles. The predicted octanol–water partition coefficient (Wildman–Crippen LogP) is 10.9. The minimum absolute atomic E-state index is 0.667. The molecule has 0 amide bonds. The number of aryl methyl sites for hydroxylation is 2. The summed E-state index contributed by atoms with van der Waals surface area (Å²) < 4.78 is 11.9. The average molecular weight is 557 g/mol. The van der Waals surface area contributed by atoms with Crippen molar-refractivity contribution in [3.63, 3.8) is 0 Å². The van der Waals surface area contributed by atoms with Crippen molar-refractivity contribution in [1.82, 2.24) is 0 Å². The molecule has 3 aromatic rings. The van der Waals surface area contributed by atoms with Gasteiger partial charge in [0.1, 0.15) is 11.5 Å². The molecule has 0 aliphatic heterocycles. The molecule has 0 saturated carbocycles. The van der Waals surface area contributed by atoms with E-state index in [4.69, 9.17) is 9.47 Å². The Hall–Kier alpha value is -2.78. The number of allylic oxidation sites excluding steroid dienone is 4. The van der Waals surface area contributed by atoms with Crippen LogP contribution in [0, 0.1) is 25.7 Å². The van der Waals surface area contributed by atoms with Crippen molar-refractivity contribution >= 4 is 22.5 Å². The van der Waals surface area contributed by atoms with Crippen molar-refractivity contribution in [2.24, 2.45) is 11.8 Å². The lowest BCUT2D eigenvalue weighted by atomic mass is 9.90. The van der Waals surface area contributed by atoms with Gasteiger partial charge >= 0.3 is 0 Å². The van der Waals surface area contributed by atoms with Gasteiger partial charge in [-0.3, -0.25) is 0 Å². The van der Waals surface area contributed by atoms with E-state index in [0.717, 1.165) is 30.8 Å². The zero-order chi connectivity index (χ0) is 29.1. The number of ether oxygens (including phenoxy) is 2. The maximum Gasteiger partial charge on any atom is 0.127 e. The number of benzene rings is 2. The molecule has 3 heteroatoms. The van der Waals surface area contributed by atoms with Crippen LogP contribution in [0.5, 0.6) is 11.5 Å². The van der Waals surface area contributed by atoms with Gasteiger partial charge < -0.3 is 9.47 Å². The third kappa shape index (κ3) is 5.96. The first-order valence-corrected chi connectivity index (χ1v) is 15.7. The fourth-order valence-corrected chi connectivity index (χ4v) is 7.44. The van der Waals surface area contributed by atoms with E-state index in [2.05, 4.69) is 91.8 Å². The van der Waals surface area contributed by atoms with Crippen LogP contribution in [0.3, 0.4) is 0 Å². The lowest BCUT2D eigenvalue weighted by Gasteiger charge is -2.17. The Bertz CT molecular complexity index is 1430. The normalized spacial score (nSPS) is 13.8. The van der Waals surface area contributed by atoms with Gasteiger partial charge in [0, 0.05) is 27.3 Å². The quantitative estimate of drug-likeness (QED) is 0.234. The molecule has 0 bridgehead atoms. The summed E-state index contributed by atoms with van der Waals surface area (Å²) in [5.41, 5.74) is 13.8. The Morgan fingerprint density at radius 1 is 0.650 bits per heavy atom. The molecular formula is C37H48O2S. The smallest absolute Gasteiger partial charge is 0.127 e. The second kappa shape index (κ2) is 12.8. The molecule has 1 aliphatic rings. The minimum Gasteiger partial charge on any atom is -0.496 e. The van der Waals surface area contributed by atoms with Gasteiger partial charge in [0.2, 0.25) is 0 Å². The van der Waals surface area contributed by atoms with Gasteiger partial charge in [-0.25, -0.2) is 0 Å². The highest BCUT2D eigenvalue weighted by Crippen LogP contribution is 2.51. The lowest BCUT2D eigenvalue weighted by Crippen LogP contribution is -2.01. The maximum absolute atomic E-state index is 5.95. The first kappa shape index (κ1) is 30.2. The van der Waals surface area contributed by atoms with Crippen molar-refractivity contribution in [3.05, 3.63) is 80.2 Å². The molecule has 0 unspecified atom stereocenters. The molecule has 0 spiro atoms. The molecule has 0 atom stereocenters. The molecule has 2 nitrogen and oxygen atoms in total. The van der Waals surface area contributed by atoms with Crippen molar-refractivity contribution in [3.8, 4) is 21.9 Å². The number of hydrogen-bond acceptors (Lipinski definition) is 3. The summed E-state index contributed by atoms with van der Waals surface area (Å²) in [5, 5.41) is 0. The summed E-state index contributed by atoms with van der Waals surface area (Å²) in [7, 11) is 3.61. The zero-order valence-corrected chi connectivity index (χ0v) is 27.2. The van der Waals surface area contributed by atoms with E-state index in [1.807, 2.05) is 11.3 Å². The van der Waals surface area contributed by atoms with Gasteiger partial charge in [-0.05, 0) is 122 Å². The summed E-state index contributed by atoms with van der Waals surface area (Å²) in [6, 6.07) is 13.1. The van der Waals surface area contributed by atoms with Gasteiger partial charge in [-0.1, -0.05) is 52.0 Å². The summed E-state index contributed by atoms with van der Waals surface area (Å²) in [5.74, 6) is 3.31. The van der Waals surface area contributed by atoms with Crippen molar-refractivity contribution in [2.45, 2.75) is 87.5 Å². The Morgan fingerprint density at radius 2 is 1.12 bits per heavy atom. The largest absolute Gasteiger partial charge is 0.496 e. The molecule has 40 heavy (non-hydrogen) atoms. The topological polar surface area (TPSA) is 18.5 Å². The molecule has 0 radical (unpaired) electrons. The molecule has 4 rings (SSSR count). The van der Waals surface area contributed by atoms with Crippen molar-refractivity contribution < 1.29 is 9.47 Å². The van der Waals surface area contributed by atoms with Gasteiger partial charge in [-0.2, -0.15) is 0 Å². The fraction of sp³-hybridized carbons (Fsp3) is 0.459. The molecule has 2 aromatic carbocycles. The summed E-state index contributed by atoms with van der Waals surface area (Å²) >= 11 is 1.95. The third-order valence-corrected chi connectivity index (χ3v) is 10.2. The molecule has 0 fully saturated rings. The van der Waals surface area contributed by atoms with Crippen LogP contribution in [0.15, 0.2) is 47.5 Å². The SMILES string of the molecule is COc1cccc(CCC(C)C)c1C1=C(C)C(C)=C(c2sc(-c3c(CCC(C)C)cccc3OC)c(C)c2C)C1. The van der Waals surface area contributed by atoms with Crippen LogP contribution in [0.1, 0.15) is 93.5 Å². The van der Waals surface area contributed by atoms with E-state index in [9.17, 15) is 0 Å².